The van der Waals surface area contributed by atoms with Crippen LogP contribution >= 0.6 is 0 Å². The summed E-state index contributed by atoms with van der Waals surface area (Å²) in [5.74, 6) is 0. The first kappa shape index (κ1) is 25.6. The van der Waals surface area contributed by atoms with Gasteiger partial charge in [-0.2, -0.15) is 0 Å². The Morgan fingerprint density at radius 1 is 0.289 bits per heavy atom. The maximum atomic E-state index is 3.75. The Balaban J connectivity index is 1.23. The standard InChI is InChI=1S/C44H29N/c1-3-13-29(14-4-1)34-22-11-23-39-43-33(21-12-24-40(43)45-44(34)39)30-25-27-32(28-26-30)42-37-19-9-7-17-35(37)41(31-15-5-2-6-16-31)36-18-8-10-20-38(36)42/h1-28,45H. The van der Waals surface area contributed by atoms with Gasteiger partial charge in [-0.15, -0.1) is 0 Å². The van der Waals surface area contributed by atoms with Crippen molar-refractivity contribution in [3.05, 3.63) is 170 Å². The maximum absolute atomic E-state index is 3.75. The number of nitrogens with one attached hydrogen (secondary N) is 1. The number of hydrogen-bond acceptors (Lipinski definition) is 0. The van der Waals surface area contributed by atoms with E-state index in [0.717, 1.165) is 5.52 Å². The third kappa shape index (κ3) is 4.09. The highest BCUT2D eigenvalue weighted by Gasteiger charge is 2.17. The lowest BCUT2D eigenvalue weighted by Crippen LogP contribution is -1.90. The third-order valence-electron chi connectivity index (χ3n) is 9.22. The van der Waals surface area contributed by atoms with E-state index in [1.165, 1.54) is 82.3 Å². The predicted molar refractivity (Wildman–Crippen MR) is 193 cm³/mol. The SMILES string of the molecule is c1ccc(-c2c3ccccc3c(-c3ccc(-c4cccc5[nH]c6c(-c7ccccc7)cccc6c45)cc3)c3ccccc23)cc1. The van der Waals surface area contributed by atoms with Gasteiger partial charge < -0.3 is 4.98 Å². The minimum atomic E-state index is 1.16. The van der Waals surface area contributed by atoms with Gasteiger partial charge in [0.2, 0.25) is 0 Å². The molecule has 210 valence electrons. The van der Waals surface area contributed by atoms with Crippen molar-refractivity contribution < 1.29 is 0 Å². The summed E-state index contributed by atoms with van der Waals surface area (Å²) >= 11 is 0. The molecular weight excluding hydrogens is 542 g/mol. The van der Waals surface area contributed by atoms with E-state index in [1.54, 1.807) is 0 Å². The Kier molecular flexibility index (Phi) is 5.89. The van der Waals surface area contributed by atoms with Crippen molar-refractivity contribution in [3.8, 4) is 44.5 Å². The molecular formula is C44H29N. The zero-order valence-electron chi connectivity index (χ0n) is 24.7. The average molecular weight is 572 g/mol. The van der Waals surface area contributed by atoms with Crippen molar-refractivity contribution in [2.75, 3.05) is 0 Å². The van der Waals surface area contributed by atoms with E-state index in [2.05, 4.69) is 175 Å². The Bertz CT molecular complexity index is 2450. The quantitative estimate of drug-likeness (QED) is 0.202. The number of H-pyrrole nitrogens is 1. The molecule has 0 bridgehead atoms. The lowest BCUT2D eigenvalue weighted by molar-refractivity contribution is 1.53. The van der Waals surface area contributed by atoms with Crippen molar-refractivity contribution in [2.24, 2.45) is 0 Å². The monoisotopic (exact) mass is 571 g/mol. The Labute approximate surface area is 262 Å². The third-order valence-corrected chi connectivity index (χ3v) is 9.22. The number of benzene rings is 8. The molecule has 0 spiro atoms. The van der Waals surface area contributed by atoms with E-state index in [0.29, 0.717) is 0 Å². The van der Waals surface area contributed by atoms with Gasteiger partial charge in [-0.05, 0) is 66.6 Å². The van der Waals surface area contributed by atoms with Crippen LogP contribution < -0.4 is 0 Å². The van der Waals surface area contributed by atoms with Crippen LogP contribution in [0.5, 0.6) is 0 Å². The van der Waals surface area contributed by atoms with Crippen molar-refractivity contribution in [1.29, 1.82) is 0 Å². The first-order valence-electron chi connectivity index (χ1n) is 15.5. The average Bonchev–Trinajstić information content (AvgIpc) is 3.51. The highest BCUT2D eigenvalue weighted by atomic mass is 14.7. The smallest absolute Gasteiger partial charge is 0.0544 e. The molecule has 1 heteroatoms. The van der Waals surface area contributed by atoms with Crippen molar-refractivity contribution in [1.82, 2.24) is 4.98 Å². The van der Waals surface area contributed by atoms with Crippen LogP contribution in [-0.2, 0) is 0 Å². The highest BCUT2D eigenvalue weighted by molar-refractivity contribution is 6.22. The molecule has 0 radical (unpaired) electrons. The van der Waals surface area contributed by atoms with Gasteiger partial charge in [0.1, 0.15) is 0 Å². The summed E-state index contributed by atoms with van der Waals surface area (Å²) in [4.78, 5) is 3.75. The zero-order valence-corrected chi connectivity index (χ0v) is 24.7. The summed E-state index contributed by atoms with van der Waals surface area (Å²) < 4.78 is 0. The predicted octanol–water partition coefficient (Wildman–Crippen LogP) is 12.3. The van der Waals surface area contributed by atoms with E-state index < -0.39 is 0 Å². The van der Waals surface area contributed by atoms with Crippen LogP contribution in [0.2, 0.25) is 0 Å². The molecule has 9 aromatic rings. The van der Waals surface area contributed by atoms with Crippen LogP contribution in [0.25, 0.3) is 87.9 Å². The fourth-order valence-electron chi connectivity index (χ4n) is 7.25. The van der Waals surface area contributed by atoms with Gasteiger partial charge in [0.15, 0.2) is 0 Å². The number of para-hydroxylation sites is 1. The minimum Gasteiger partial charge on any atom is -0.354 e. The maximum Gasteiger partial charge on any atom is 0.0544 e. The van der Waals surface area contributed by atoms with Gasteiger partial charge in [0.05, 0.1) is 5.52 Å². The summed E-state index contributed by atoms with van der Waals surface area (Å²) in [5, 5.41) is 7.61. The van der Waals surface area contributed by atoms with Crippen LogP contribution in [0.1, 0.15) is 0 Å². The molecule has 0 fully saturated rings. The largest absolute Gasteiger partial charge is 0.354 e. The van der Waals surface area contributed by atoms with Gasteiger partial charge >= 0.3 is 0 Å². The van der Waals surface area contributed by atoms with Gasteiger partial charge in [-0.1, -0.05) is 164 Å². The number of rotatable bonds is 4. The molecule has 1 heterocycles. The van der Waals surface area contributed by atoms with Gasteiger partial charge in [-0.25, -0.2) is 0 Å². The summed E-state index contributed by atoms with van der Waals surface area (Å²) in [5.41, 5.74) is 12.3. The molecule has 0 aliphatic rings. The number of hydrogen-bond donors (Lipinski definition) is 1. The van der Waals surface area contributed by atoms with Crippen LogP contribution in [0.3, 0.4) is 0 Å². The summed E-state index contributed by atoms with van der Waals surface area (Å²) in [6, 6.07) is 61.5. The van der Waals surface area contributed by atoms with Crippen molar-refractivity contribution in [3.63, 3.8) is 0 Å². The summed E-state index contributed by atoms with van der Waals surface area (Å²) in [7, 11) is 0. The van der Waals surface area contributed by atoms with Gasteiger partial charge in [-0.3, -0.25) is 0 Å². The van der Waals surface area contributed by atoms with E-state index in [4.69, 9.17) is 0 Å². The molecule has 0 aliphatic carbocycles. The van der Waals surface area contributed by atoms with Crippen molar-refractivity contribution in [2.45, 2.75) is 0 Å². The second-order valence-corrected chi connectivity index (χ2v) is 11.7. The van der Waals surface area contributed by atoms with E-state index in [1.807, 2.05) is 0 Å². The minimum absolute atomic E-state index is 1.16. The van der Waals surface area contributed by atoms with Crippen LogP contribution in [0.15, 0.2) is 170 Å². The molecule has 0 unspecified atom stereocenters. The van der Waals surface area contributed by atoms with E-state index in [-0.39, 0.29) is 0 Å². The van der Waals surface area contributed by atoms with E-state index >= 15 is 0 Å². The highest BCUT2D eigenvalue weighted by Crippen LogP contribution is 2.44. The molecule has 0 aliphatic heterocycles. The van der Waals surface area contributed by atoms with Crippen molar-refractivity contribution >= 4 is 43.4 Å². The normalized spacial score (nSPS) is 11.6. The topological polar surface area (TPSA) is 15.8 Å². The summed E-state index contributed by atoms with van der Waals surface area (Å²) in [6.45, 7) is 0. The number of aromatic nitrogens is 1. The summed E-state index contributed by atoms with van der Waals surface area (Å²) in [6.07, 6.45) is 0. The van der Waals surface area contributed by atoms with Crippen LogP contribution in [-0.4, -0.2) is 4.98 Å². The molecule has 1 nitrogen and oxygen atoms in total. The molecule has 1 aromatic heterocycles. The Morgan fingerprint density at radius 3 is 1.31 bits per heavy atom. The fourth-order valence-corrected chi connectivity index (χ4v) is 7.25. The van der Waals surface area contributed by atoms with Crippen LogP contribution in [0.4, 0.5) is 0 Å². The first-order chi connectivity index (χ1) is 22.3. The lowest BCUT2D eigenvalue weighted by atomic mass is 9.85. The fraction of sp³-hybridized carbons (Fsp3) is 0. The lowest BCUT2D eigenvalue weighted by Gasteiger charge is -2.18. The van der Waals surface area contributed by atoms with Gasteiger partial charge in [0.25, 0.3) is 0 Å². The molecule has 8 aromatic carbocycles. The molecule has 45 heavy (non-hydrogen) atoms. The Morgan fingerprint density at radius 2 is 0.711 bits per heavy atom. The Hall–Kier alpha value is -5.92. The van der Waals surface area contributed by atoms with Crippen LogP contribution in [0, 0.1) is 0 Å². The zero-order chi connectivity index (χ0) is 29.7. The molecule has 1 N–H and O–H groups in total. The second-order valence-electron chi connectivity index (χ2n) is 11.7. The molecule has 0 amide bonds. The first-order valence-corrected chi connectivity index (χ1v) is 15.5. The molecule has 0 atom stereocenters. The van der Waals surface area contributed by atoms with Gasteiger partial charge in [0, 0.05) is 21.9 Å². The molecule has 0 saturated heterocycles. The number of fused-ring (bicyclic) bond motifs is 5. The second kappa shape index (κ2) is 10.4. The van der Waals surface area contributed by atoms with E-state index in [9.17, 15) is 0 Å². The molecule has 9 rings (SSSR count). The molecule has 0 saturated carbocycles. The number of aromatic amines is 1.